The van der Waals surface area contributed by atoms with Gasteiger partial charge in [0.25, 0.3) is 0 Å². The number of likely N-dealkylation sites (tertiary alicyclic amines) is 1. The fourth-order valence-corrected chi connectivity index (χ4v) is 3.87. The summed E-state index contributed by atoms with van der Waals surface area (Å²) in [5.74, 6) is -0.104. The Morgan fingerprint density at radius 3 is 2.56 bits per heavy atom. The van der Waals surface area contributed by atoms with Crippen LogP contribution >= 0.6 is 0 Å². The van der Waals surface area contributed by atoms with Crippen LogP contribution in [0.4, 0.5) is 4.79 Å². The molecule has 1 atom stereocenters. The van der Waals surface area contributed by atoms with E-state index in [1.165, 1.54) is 6.92 Å². The fourth-order valence-electron chi connectivity index (χ4n) is 3.87. The van der Waals surface area contributed by atoms with E-state index in [1.54, 1.807) is 0 Å². The molecule has 2 saturated heterocycles. The lowest BCUT2D eigenvalue weighted by Crippen LogP contribution is -2.59. The van der Waals surface area contributed by atoms with E-state index in [0.717, 1.165) is 24.8 Å². The molecular formula is C20H27N5O2. The predicted molar refractivity (Wildman–Crippen MR) is 101 cm³/mol. The molecule has 0 saturated carbocycles. The molecule has 2 heterocycles. The van der Waals surface area contributed by atoms with Crippen LogP contribution in [0.15, 0.2) is 30.3 Å². The number of ketones is 1. The Labute approximate surface area is 160 Å². The average Bonchev–Trinajstić information content (AvgIpc) is 3.11. The van der Waals surface area contributed by atoms with Crippen LogP contribution in [0.25, 0.3) is 0 Å². The molecule has 0 aromatic heterocycles. The van der Waals surface area contributed by atoms with Crippen LogP contribution in [0.3, 0.4) is 0 Å². The van der Waals surface area contributed by atoms with Crippen molar-refractivity contribution in [3.63, 3.8) is 0 Å². The minimum absolute atomic E-state index is 0.0476. The zero-order chi connectivity index (χ0) is 19.3. The number of hydrogen-bond acceptors (Lipinski definition) is 5. The van der Waals surface area contributed by atoms with Gasteiger partial charge >= 0.3 is 6.03 Å². The van der Waals surface area contributed by atoms with Gasteiger partial charge in [0.2, 0.25) is 0 Å². The van der Waals surface area contributed by atoms with Crippen LogP contribution in [-0.4, -0.2) is 52.9 Å². The minimum Gasteiger partial charge on any atom is -0.334 e. The maximum atomic E-state index is 12.4. The standard InChI is InChI=1S/C20H27N5O2/c1-16(26)20(15-21)10-5-11-25(20)23-18-8-12-24(13-9-18)19(27)22-14-17-6-3-2-4-7-17/h2-4,6-7,18,23H,5,8-14H2,1H3,(H,22,27). The molecule has 2 N–H and O–H groups in total. The number of carbonyl (C=O) groups is 2. The summed E-state index contributed by atoms with van der Waals surface area (Å²) < 4.78 is 0. The SMILES string of the molecule is CC(=O)C1(C#N)CCCN1NC1CCN(C(=O)NCc2ccccc2)CC1. The highest BCUT2D eigenvalue weighted by Crippen LogP contribution is 2.29. The van der Waals surface area contributed by atoms with Crippen molar-refractivity contribution in [2.24, 2.45) is 0 Å². The molecule has 0 spiro atoms. The zero-order valence-corrected chi connectivity index (χ0v) is 15.8. The molecule has 3 rings (SSSR count). The second kappa shape index (κ2) is 8.51. The molecule has 7 nitrogen and oxygen atoms in total. The quantitative estimate of drug-likeness (QED) is 0.826. The summed E-state index contributed by atoms with van der Waals surface area (Å²) >= 11 is 0. The highest BCUT2D eigenvalue weighted by molar-refractivity contribution is 5.89. The summed E-state index contributed by atoms with van der Waals surface area (Å²) in [4.78, 5) is 26.2. The number of nitrogens with one attached hydrogen (secondary N) is 2. The Bertz CT molecular complexity index is 709. The molecule has 2 aliphatic rings. The summed E-state index contributed by atoms with van der Waals surface area (Å²) in [6.07, 6.45) is 3.01. The Morgan fingerprint density at radius 1 is 1.22 bits per heavy atom. The van der Waals surface area contributed by atoms with Gasteiger partial charge in [-0.25, -0.2) is 9.80 Å². The first-order valence-corrected chi connectivity index (χ1v) is 9.58. The summed E-state index contributed by atoms with van der Waals surface area (Å²) in [6.45, 7) is 4.03. The van der Waals surface area contributed by atoms with Gasteiger partial charge in [0.1, 0.15) is 0 Å². The lowest BCUT2D eigenvalue weighted by Gasteiger charge is -2.38. The molecule has 0 bridgehead atoms. The number of piperidine rings is 1. The summed E-state index contributed by atoms with van der Waals surface area (Å²) in [6, 6.07) is 12.2. The van der Waals surface area contributed by atoms with E-state index in [0.29, 0.717) is 32.6 Å². The van der Waals surface area contributed by atoms with Crippen LogP contribution in [0, 0.1) is 11.3 Å². The van der Waals surface area contributed by atoms with Gasteiger partial charge in [-0.2, -0.15) is 5.26 Å². The van der Waals surface area contributed by atoms with Crippen molar-refractivity contribution >= 4 is 11.8 Å². The number of hydrazine groups is 1. The first-order valence-electron chi connectivity index (χ1n) is 9.58. The smallest absolute Gasteiger partial charge is 0.317 e. The van der Waals surface area contributed by atoms with Crippen molar-refractivity contribution in [3.8, 4) is 6.07 Å². The molecule has 144 valence electrons. The van der Waals surface area contributed by atoms with Gasteiger partial charge in [-0.1, -0.05) is 30.3 Å². The molecular weight excluding hydrogens is 342 g/mol. The van der Waals surface area contributed by atoms with E-state index in [2.05, 4.69) is 16.8 Å². The molecule has 7 heteroatoms. The Morgan fingerprint density at radius 2 is 1.93 bits per heavy atom. The number of carbonyl (C=O) groups excluding carboxylic acids is 2. The van der Waals surface area contributed by atoms with Gasteiger partial charge in [-0.05, 0) is 38.2 Å². The van der Waals surface area contributed by atoms with Crippen LogP contribution in [0.1, 0.15) is 38.2 Å². The molecule has 0 radical (unpaired) electrons. The van der Waals surface area contributed by atoms with Crippen LogP contribution < -0.4 is 10.7 Å². The average molecular weight is 369 g/mol. The highest BCUT2D eigenvalue weighted by Gasteiger charge is 2.46. The van der Waals surface area contributed by atoms with Crippen molar-refractivity contribution in [3.05, 3.63) is 35.9 Å². The Balaban J connectivity index is 1.47. The van der Waals surface area contributed by atoms with E-state index in [9.17, 15) is 14.9 Å². The number of Topliss-reactive ketones (excluding diaryl/α,β-unsaturated/α-hetero) is 1. The molecule has 1 aromatic rings. The lowest BCUT2D eigenvalue weighted by atomic mass is 9.94. The van der Waals surface area contributed by atoms with E-state index in [1.807, 2.05) is 40.2 Å². The summed E-state index contributed by atoms with van der Waals surface area (Å²) in [5, 5.41) is 14.3. The van der Waals surface area contributed by atoms with E-state index < -0.39 is 5.54 Å². The normalized spacial score (nSPS) is 23.8. The van der Waals surface area contributed by atoms with E-state index >= 15 is 0 Å². The van der Waals surface area contributed by atoms with Gasteiger partial charge in [-0.15, -0.1) is 0 Å². The number of amides is 2. The van der Waals surface area contributed by atoms with Crippen molar-refractivity contribution < 1.29 is 9.59 Å². The number of urea groups is 1. The lowest BCUT2D eigenvalue weighted by molar-refractivity contribution is -0.126. The van der Waals surface area contributed by atoms with Crippen LogP contribution in [0.5, 0.6) is 0 Å². The molecule has 27 heavy (non-hydrogen) atoms. The van der Waals surface area contributed by atoms with E-state index in [4.69, 9.17) is 0 Å². The Kier molecular flexibility index (Phi) is 6.09. The second-order valence-corrected chi connectivity index (χ2v) is 7.32. The number of nitrogens with zero attached hydrogens (tertiary/aromatic N) is 3. The molecule has 1 unspecified atom stereocenters. The molecule has 2 fully saturated rings. The predicted octanol–water partition coefficient (Wildman–Crippen LogP) is 1.81. The van der Waals surface area contributed by atoms with Crippen molar-refractivity contribution in [1.82, 2.24) is 20.7 Å². The monoisotopic (exact) mass is 369 g/mol. The third kappa shape index (κ3) is 4.29. The van der Waals surface area contributed by atoms with E-state index in [-0.39, 0.29) is 17.9 Å². The third-order valence-electron chi connectivity index (χ3n) is 5.56. The summed E-state index contributed by atoms with van der Waals surface area (Å²) in [5.41, 5.74) is 3.43. The first kappa shape index (κ1) is 19.3. The topological polar surface area (TPSA) is 88.5 Å². The van der Waals surface area contributed by atoms with Gasteiger partial charge < -0.3 is 10.2 Å². The first-order chi connectivity index (χ1) is 13.0. The number of nitriles is 1. The van der Waals surface area contributed by atoms with Gasteiger partial charge in [0, 0.05) is 32.2 Å². The second-order valence-electron chi connectivity index (χ2n) is 7.32. The molecule has 0 aliphatic carbocycles. The number of benzene rings is 1. The number of rotatable bonds is 5. The van der Waals surface area contributed by atoms with Gasteiger partial charge in [0.05, 0.1) is 6.07 Å². The minimum atomic E-state index is -1.04. The van der Waals surface area contributed by atoms with Crippen molar-refractivity contribution in [1.29, 1.82) is 5.26 Å². The number of hydrogen-bond donors (Lipinski definition) is 2. The van der Waals surface area contributed by atoms with Crippen LogP contribution in [-0.2, 0) is 11.3 Å². The maximum absolute atomic E-state index is 12.4. The fraction of sp³-hybridized carbons (Fsp3) is 0.550. The highest BCUT2D eigenvalue weighted by atomic mass is 16.2. The molecule has 1 aromatic carbocycles. The maximum Gasteiger partial charge on any atom is 0.317 e. The third-order valence-corrected chi connectivity index (χ3v) is 5.56. The summed E-state index contributed by atoms with van der Waals surface area (Å²) in [7, 11) is 0. The van der Waals surface area contributed by atoms with Crippen molar-refractivity contribution in [2.75, 3.05) is 19.6 Å². The van der Waals surface area contributed by atoms with Gasteiger partial charge in [-0.3, -0.25) is 10.2 Å². The van der Waals surface area contributed by atoms with Crippen molar-refractivity contribution in [2.45, 2.75) is 50.7 Å². The molecule has 2 aliphatic heterocycles. The largest absolute Gasteiger partial charge is 0.334 e. The van der Waals surface area contributed by atoms with Crippen LogP contribution in [0.2, 0.25) is 0 Å². The van der Waals surface area contributed by atoms with Gasteiger partial charge in [0.15, 0.2) is 11.3 Å². The molecule has 2 amide bonds. The zero-order valence-electron chi connectivity index (χ0n) is 15.8. The Hall–Kier alpha value is -2.43.